The van der Waals surface area contributed by atoms with E-state index >= 15 is 0 Å². The average molecular weight is 570 g/mol. The monoisotopic (exact) mass is 569 g/mol. The molecule has 3 atom stereocenters. The Morgan fingerprint density at radius 2 is 1.62 bits per heavy atom. The first-order chi connectivity index (χ1) is 20.4. The maximum absolute atomic E-state index is 13.7. The van der Waals surface area contributed by atoms with Gasteiger partial charge in [-0.15, -0.1) is 0 Å². The van der Waals surface area contributed by atoms with Crippen molar-refractivity contribution in [2.45, 2.75) is 36.9 Å². The number of nitrogens with one attached hydrogen (secondary N) is 2. The van der Waals surface area contributed by atoms with Gasteiger partial charge in [0, 0.05) is 44.6 Å². The Morgan fingerprint density at radius 3 is 2.31 bits per heavy atom. The van der Waals surface area contributed by atoms with Crippen molar-refractivity contribution in [1.82, 2.24) is 15.5 Å². The van der Waals surface area contributed by atoms with E-state index in [4.69, 9.17) is 9.47 Å². The van der Waals surface area contributed by atoms with Crippen molar-refractivity contribution in [3.8, 4) is 11.1 Å². The first kappa shape index (κ1) is 27.9. The van der Waals surface area contributed by atoms with E-state index in [-0.39, 0.29) is 30.9 Å². The second-order valence-electron chi connectivity index (χ2n) is 11.4. The average Bonchev–Trinajstić information content (AvgIpc) is 3.72. The molecule has 0 bridgehead atoms. The molecule has 3 aromatic rings. The van der Waals surface area contributed by atoms with Crippen molar-refractivity contribution in [3.63, 3.8) is 0 Å². The normalized spacial score (nSPS) is 23.2. The van der Waals surface area contributed by atoms with Gasteiger partial charge in [0.1, 0.15) is 12.1 Å². The zero-order valence-corrected chi connectivity index (χ0v) is 23.3. The molecule has 9 heteroatoms. The van der Waals surface area contributed by atoms with Gasteiger partial charge in [-0.2, -0.15) is 0 Å². The summed E-state index contributed by atoms with van der Waals surface area (Å²) in [6.07, 6.45) is -0.653. The predicted molar refractivity (Wildman–Crippen MR) is 156 cm³/mol. The molecule has 6 rings (SSSR count). The van der Waals surface area contributed by atoms with Crippen LogP contribution in [0.4, 0.5) is 4.79 Å². The Balaban J connectivity index is 1.15. The van der Waals surface area contributed by atoms with E-state index in [2.05, 4.69) is 39.8 Å². The van der Waals surface area contributed by atoms with Crippen molar-refractivity contribution >= 4 is 18.0 Å². The van der Waals surface area contributed by atoms with E-state index in [9.17, 15) is 19.5 Å². The molecule has 9 nitrogen and oxygen atoms in total. The summed E-state index contributed by atoms with van der Waals surface area (Å²) in [5, 5.41) is 15.3. The van der Waals surface area contributed by atoms with E-state index in [1.165, 1.54) is 0 Å². The number of amides is 2. The van der Waals surface area contributed by atoms with E-state index in [0.717, 1.165) is 27.8 Å². The number of rotatable bonds is 9. The minimum atomic E-state index is -1.21. The molecule has 0 spiro atoms. The topological polar surface area (TPSA) is 117 Å². The van der Waals surface area contributed by atoms with Gasteiger partial charge in [-0.25, -0.2) is 9.59 Å². The number of fused-ring (bicyclic) bond motifs is 3. The van der Waals surface area contributed by atoms with Gasteiger partial charge in [-0.1, -0.05) is 78.9 Å². The molecular formula is C33H35N3O6. The number of carboxylic acids is 1. The molecular weight excluding hydrogens is 534 g/mol. The molecule has 3 aliphatic rings. The number of benzene rings is 3. The van der Waals surface area contributed by atoms with Crippen LogP contribution in [0.25, 0.3) is 11.1 Å². The molecule has 218 valence electrons. The Bertz CT molecular complexity index is 1420. The lowest BCUT2D eigenvalue weighted by Gasteiger charge is -2.30. The molecule has 0 aromatic heterocycles. The summed E-state index contributed by atoms with van der Waals surface area (Å²) in [5.74, 6) is -1.81. The van der Waals surface area contributed by atoms with Crippen LogP contribution in [0.5, 0.6) is 0 Å². The molecule has 2 heterocycles. The molecule has 2 aliphatic heterocycles. The minimum Gasteiger partial charge on any atom is -0.479 e. The zero-order chi connectivity index (χ0) is 29.1. The lowest BCUT2D eigenvalue weighted by Crippen LogP contribution is -2.61. The number of ether oxygens (including phenoxy) is 2. The molecule has 3 N–H and O–H groups in total. The van der Waals surface area contributed by atoms with Crippen LogP contribution in [0.15, 0.2) is 78.9 Å². The number of alkyl carbamates (subject to hydrolysis) is 1. The summed E-state index contributed by atoms with van der Waals surface area (Å²) >= 11 is 0. The molecule has 3 aromatic carbocycles. The highest BCUT2D eigenvalue weighted by Crippen LogP contribution is 2.44. The predicted octanol–water partition coefficient (Wildman–Crippen LogP) is 3.78. The lowest BCUT2D eigenvalue weighted by atomic mass is 9.96. The molecule has 3 unspecified atom stereocenters. The number of hydrogen-bond donors (Lipinski definition) is 3. The largest absolute Gasteiger partial charge is 0.479 e. The smallest absolute Gasteiger partial charge is 0.408 e. The van der Waals surface area contributed by atoms with Gasteiger partial charge in [0.15, 0.2) is 6.10 Å². The third kappa shape index (κ3) is 5.62. The first-order valence-electron chi connectivity index (χ1n) is 14.5. The molecule has 2 saturated heterocycles. The maximum Gasteiger partial charge on any atom is 0.408 e. The zero-order valence-electron chi connectivity index (χ0n) is 23.3. The van der Waals surface area contributed by atoms with Crippen molar-refractivity contribution in [3.05, 3.63) is 95.6 Å². The summed E-state index contributed by atoms with van der Waals surface area (Å²) in [6, 6.07) is 26.2. The van der Waals surface area contributed by atoms with Crippen LogP contribution < -0.4 is 10.6 Å². The molecule has 0 radical (unpaired) electrons. The van der Waals surface area contributed by atoms with Crippen LogP contribution in [-0.4, -0.2) is 72.5 Å². The fourth-order valence-electron chi connectivity index (χ4n) is 6.55. The Hall–Kier alpha value is -4.21. The van der Waals surface area contributed by atoms with Gasteiger partial charge in [0.2, 0.25) is 5.91 Å². The fraction of sp³-hybridized carbons (Fsp3) is 0.364. The third-order valence-corrected chi connectivity index (χ3v) is 8.70. The van der Waals surface area contributed by atoms with Crippen LogP contribution in [0.1, 0.15) is 35.4 Å². The van der Waals surface area contributed by atoms with E-state index < -0.39 is 23.7 Å². The summed E-state index contributed by atoms with van der Waals surface area (Å²) in [7, 11) is 0. The number of likely N-dealkylation sites (tertiary alicyclic amines) is 1. The first-order valence-corrected chi connectivity index (χ1v) is 14.5. The van der Waals surface area contributed by atoms with Gasteiger partial charge in [-0.3, -0.25) is 9.69 Å². The van der Waals surface area contributed by atoms with Gasteiger partial charge in [0.25, 0.3) is 0 Å². The summed E-state index contributed by atoms with van der Waals surface area (Å²) < 4.78 is 11.2. The van der Waals surface area contributed by atoms with E-state index in [0.29, 0.717) is 39.1 Å². The highest BCUT2D eigenvalue weighted by Gasteiger charge is 2.47. The number of aliphatic carboxylic acids is 1. The molecule has 0 saturated carbocycles. The summed E-state index contributed by atoms with van der Waals surface area (Å²) in [6.45, 7) is 2.19. The standard InChI is InChI=1S/C33H35N3O6/c37-30(38)29-23(14-17-41-29)18-34-31(39)33(15-16-36(21-33)19-22-8-2-1-3-9-22)35-32(40)42-20-28-26-12-6-4-10-24(26)25-11-5-7-13-27(25)28/h1-13,23,28-29H,14-21H2,(H,34,39)(H,35,40)(H,37,38). The van der Waals surface area contributed by atoms with Crippen LogP contribution in [-0.2, 0) is 25.6 Å². The van der Waals surface area contributed by atoms with Gasteiger partial charge in [0.05, 0.1) is 0 Å². The van der Waals surface area contributed by atoms with Gasteiger partial charge < -0.3 is 25.2 Å². The molecule has 1 aliphatic carbocycles. The molecule has 42 heavy (non-hydrogen) atoms. The Morgan fingerprint density at radius 1 is 0.952 bits per heavy atom. The molecule has 2 amide bonds. The highest BCUT2D eigenvalue weighted by molar-refractivity contribution is 5.91. The number of nitrogens with zero attached hydrogens (tertiary/aromatic N) is 1. The second-order valence-corrected chi connectivity index (χ2v) is 11.4. The Labute approximate surface area is 244 Å². The van der Waals surface area contributed by atoms with Crippen LogP contribution in [0.3, 0.4) is 0 Å². The summed E-state index contributed by atoms with van der Waals surface area (Å²) in [4.78, 5) is 40.7. The second kappa shape index (κ2) is 12.0. The van der Waals surface area contributed by atoms with Gasteiger partial charge in [-0.05, 0) is 40.7 Å². The minimum absolute atomic E-state index is 0.0959. The molecule has 2 fully saturated rings. The van der Waals surface area contributed by atoms with Gasteiger partial charge >= 0.3 is 12.1 Å². The fourth-order valence-corrected chi connectivity index (χ4v) is 6.55. The van der Waals surface area contributed by atoms with E-state index in [1.807, 2.05) is 54.6 Å². The maximum atomic E-state index is 13.7. The third-order valence-electron chi connectivity index (χ3n) is 8.70. The van der Waals surface area contributed by atoms with Crippen molar-refractivity contribution in [2.75, 3.05) is 32.8 Å². The quantitative estimate of drug-likeness (QED) is 0.359. The van der Waals surface area contributed by atoms with Crippen LogP contribution in [0.2, 0.25) is 0 Å². The van der Waals surface area contributed by atoms with Crippen molar-refractivity contribution in [1.29, 1.82) is 0 Å². The lowest BCUT2D eigenvalue weighted by molar-refractivity contribution is -0.149. The highest BCUT2D eigenvalue weighted by atomic mass is 16.5. The van der Waals surface area contributed by atoms with Crippen molar-refractivity contribution in [2.24, 2.45) is 5.92 Å². The number of carbonyl (C=O) groups excluding carboxylic acids is 2. The Kier molecular flexibility index (Phi) is 7.95. The summed E-state index contributed by atoms with van der Waals surface area (Å²) in [5.41, 5.74) is 4.40. The van der Waals surface area contributed by atoms with Crippen LogP contribution in [0, 0.1) is 5.92 Å². The van der Waals surface area contributed by atoms with Crippen molar-refractivity contribution < 1.29 is 29.0 Å². The SMILES string of the molecule is O=C(NC1(C(=O)NCC2CCOC2C(=O)O)CCN(Cc2ccccc2)C1)OCC1c2ccccc2-c2ccccc21. The van der Waals surface area contributed by atoms with Crippen LogP contribution >= 0.6 is 0 Å². The number of carboxylic acid groups (broad SMARTS) is 1. The van der Waals surface area contributed by atoms with E-state index in [1.54, 1.807) is 0 Å². The number of hydrogen-bond acceptors (Lipinski definition) is 6. The number of carbonyl (C=O) groups is 3.